The highest BCUT2D eigenvalue weighted by Gasteiger charge is 2.25. The Kier molecular flexibility index (Phi) is 6.65. The van der Waals surface area contributed by atoms with Crippen molar-refractivity contribution < 1.29 is 13.2 Å². The number of benzene rings is 2. The van der Waals surface area contributed by atoms with Gasteiger partial charge in [-0.25, -0.2) is 13.4 Å². The van der Waals surface area contributed by atoms with Crippen LogP contribution in [0.2, 0.25) is 0 Å². The monoisotopic (exact) mass is 454 g/mol. The maximum Gasteiger partial charge on any atom is 0.243 e. The van der Waals surface area contributed by atoms with Crippen LogP contribution in [0.4, 0.5) is 0 Å². The third-order valence-electron chi connectivity index (χ3n) is 5.52. The van der Waals surface area contributed by atoms with Crippen molar-refractivity contribution in [1.29, 1.82) is 0 Å². The molecule has 1 aliphatic rings. The molecule has 7 heteroatoms. The number of thiazole rings is 1. The van der Waals surface area contributed by atoms with Gasteiger partial charge in [-0.2, -0.15) is 4.31 Å². The number of carbonyl (C=O) groups is 1. The molecule has 2 aromatic carbocycles. The molecule has 0 bridgehead atoms. The molecule has 3 aromatic rings. The SMILES string of the molecule is Cc1ccc(CC(=O)Cc2nc(-c3ccc(S(=O)(=O)N4CCCCC4)cc3)cs2)cc1. The summed E-state index contributed by atoms with van der Waals surface area (Å²) in [4.78, 5) is 17.3. The van der Waals surface area contributed by atoms with Gasteiger partial charge in [0.2, 0.25) is 10.0 Å². The van der Waals surface area contributed by atoms with Crippen LogP contribution in [0, 0.1) is 6.92 Å². The van der Waals surface area contributed by atoms with Gasteiger partial charge in [-0.3, -0.25) is 4.79 Å². The number of carbonyl (C=O) groups excluding carboxylic acids is 1. The number of Topliss-reactive ketones (excluding diaryl/α,β-unsaturated/α-hetero) is 1. The predicted octanol–water partition coefficient (Wildman–Crippen LogP) is 4.65. The first-order valence-corrected chi connectivity index (χ1v) is 12.9. The van der Waals surface area contributed by atoms with Gasteiger partial charge < -0.3 is 0 Å². The van der Waals surface area contributed by atoms with Gasteiger partial charge in [0, 0.05) is 30.5 Å². The molecule has 0 radical (unpaired) electrons. The number of ketones is 1. The van der Waals surface area contributed by atoms with Gasteiger partial charge >= 0.3 is 0 Å². The largest absolute Gasteiger partial charge is 0.299 e. The molecule has 0 N–H and O–H groups in total. The lowest BCUT2D eigenvalue weighted by molar-refractivity contribution is -0.117. The highest BCUT2D eigenvalue weighted by atomic mass is 32.2. The fraction of sp³-hybridized carbons (Fsp3) is 0.333. The van der Waals surface area contributed by atoms with Crippen LogP contribution in [0.15, 0.2) is 58.8 Å². The number of sulfonamides is 1. The Labute approximate surface area is 187 Å². The molecule has 0 unspecified atom stereocenters. The zero-order chi connectivity index (χ0) is 21.8. The van der Waals surface area contributed by atoms with E-state index in [0.29, 0.717) is 30.8 Å². The summed E-state index contributed by atoms with van der Waals surface area (Å²) >= 11 is 1.46. The molecular formula is C24H26N2O3S2. The third kappa shape index (κ3) is 5.29. The van der Waals surface area contributed by atoms with E-state index in [2.05, 4.69) is 4.98 Å². The van der Waals surface area contributed by atoms with Crippen molar-refractivity contribution >= 4 is 27.1 Å². The van der Waals surface area contributed by atoms with Crippen LogP contribution in [0.25, 0.3) is 11.3 Å². The molecule has 0 amide bonds. The first-order chi connectivity index (χ1) is 14.9. The van der Waals surface area contributed by atoms with Crippen LogP contribution in [-0.2, 0) is 27.7 Å². The molecule has 0 spiro atoms. The molecule has 1 saturated heterocycles. The van der Waals surface area contributed by atoms with Crippen LogP contribution in [0.1, 0.15) is 35.4 Å². The Morgan fingerprint density at radius 2 is 1.65 bits per heavy atom. The second-order valence-electron chi connectivity index (χ2n) is 7.99. The predicted molar refractivity (Wildman–Crippen MR) is 124 cm³/mol. The van der Waals surface area contributed by atoms with Crippen LogP contribution < -0.4 is 0 Å². The number of aryl methyl sites for hydroxylation is 1. The van der Waals surface area contributed by atoms with E-state index in [0.717, 1.165) is 41.1 Å². The molecular weight excluding hydrogens is 428 g/mol. The van der Waals surface area contributed by atoms with E-state index in [1.807, 2.05) is 36.6 Å². The number of aromatic nitrogens is 1. The Hall–Kier alpha value is -2.35. The fourth-order valence-electron chi connectivity index (χ4n) is 3.74. The van der Waals surface area contributed by atoms with Crippen molar-refractivity contribution in [3.8, 4) is 11.3 Å². The molecule has 5 nitrogen and oxygen atoms in total. The molecule has 4 rings (SSSR count). The van der Waals surface area contributed by atoms with E-state index in [1.165, 1.54) is 16.9 Å². The maximum atomic E-state index is 12.8. The standard InChI is InChI=1S/C24H26N2O3S2/c1-18-5-7-19(8-6-18)15-21(27)16-24-25-23(17-30-24)20-9-11-22(12-10-20)31(28,29)26-13-3-2-4-14-26/h5-12,17H,2-4,13-16H2,1H3. The second kappa shape index (κ2) is 9.42. The molecule has 0 aliphatic carbocycles. The second-order valence-corrected chi connectivity index (χ2v) is 10.9. The van der Waals surface area contributed by atoms with Crippen LogP contribution in [0.5, 0.6) is 0 Å². The van der Waals surface area contributed by atoms with Crippen molar-refractivity contribution in [3.63, 3.8) is 0 Å². The fourth-order valence-corrected chi connectivity index (χ4v) is 6.09. The number of nitrogens with zero attached hydrogens (tertiary/aromatic N) is 2. The zero-order valence-corrected chi connectivity index (χ0v) is 19.2. The van der Waals surface area contributed by atoms with Gasteiger partial charge in [0.25, 0.3) is 0 Å². The summed E-state index contributed by atoms with van der Waals surface area (Å²) in [6, 6.07) is 14.9. The summed E-state index contributed by atoms with van der Waals surface area (Å²) in [5, 5.41) is 2.69. The van der Waals surface area contributed by atoms with Gasteiger partial charge in [0.05, 0.1) is 17.0 Å². The lowest BCUT2D eigenvalue weighted by Gasteiger charge is -2.25. The topological polar surface area (TPSA) is 67.3 Å². The number of hydrogen-bond acceptors (Lipinski definition) is 5. The van der Waals surface area contributed by atoms with Crippen LogP contribution in [0.3, 0.4) is 0 Å². The van der Waals surface area contributed by atoms with Crippen molar-refractivity contribution in [3.05, 3.63) is 70.0 Å². The van der Waals surface area contributed by atoms with Crippen molar-refractivity contribution in [2.24, 2.45) is 0 Å². The van der Waals surface area contributed by atoms with Crippen LogP contribution >= 0.6 is 11.3 Å². The van der Waals surface area contributed by atoms with E-state index in [9.17, 15) is 13.2 Å². The number of piperidine rings is 1. The summed E-state index contributed by atoms with van der Waals surface area (Å²) in [6.45, 7) is 3.21. The Morgan fingerprint density at radius 1 is 0.968 bits per heavy atom. The quantitative estimate of drug-likeness (QED) is 0.521. The minimum atomic E-state index is -3.43. The molecule has 1 aliphatic heterocycles. The molecule has 2 heterocycles. The van der Waals surface area contributed by atoms with Gasteiger partial charge in [-0.15, -0.1) is 11.3 Å². The molecule has 162 valence electrons. The van der Waals surface area contributed by atoms with E-state index >= 15 is 0 Å². The first-order valence-electron chi connectivity index (χ1n) is 10.5. The zero-order valence-electron chi connectivity index (χ0n) is 17.6. The van der Waals surface area contributed by atoms with E-state index < -0.39 is 10.0 Å². The van der Waals surface area contributed by atoms with Crippen molar-refractivity contribution in [1.82, 2.24) is 9.29 Å². The average molecular weight is 455 g/mol. The minimum absolute atomic E-state index is 0.132. The van der Waals surface area contributed by atoms with E-state index in [-0.39, 0.29) is 5.78 Å². The van der Waals surface area contributed by atoms with Crippen molar-refractivity contribution in [2.45, 2.75) is 43.9 Å². The molecule has 1 fully saturated rings. The Morgan fingerprint density at radius 3 is 2.32 bits per heavy atom. The molecule has 0 saturated carbocycles. The average Bonchev–Trinajstić information content (AvgIpc) is 3.24. The molecule has 1 aromatic heterocycles. The summed E-state index contributed by atoms with van der Waals surface area (Å²) < 4.78 is 27.2. The summed E-state index contributed by atoms with van der Waals surface area (Å²) in [5.41, 5.74) is 3.81. The lowest BCUT2D eigenvalue weighted by Crippen LogP contribution is -2.35. The highest BCUT2D eigenvalue weighted by molar-refractivity contribution is 7.89. The molecule has 0 atom stereocenters. The normalized spacial score (nSPS) is 15.1. The first kappa shape index (κ1) is 21.9. The van der Waals surface area contributed by atoms with Gasteiger partial charge in [0.1, 0.15) is 10.8 Å². The van der Waals surface area contributed by atoms with Gasteiger partial charge in [-0.05, 0) is 37.5 Å². The third-order valence-corrected chi connectivity index (χ3v) is 8.29. The summed E-state index contributed by atoms with van der Waals surface area (Å²) in [5.74, 6) is 0.132. The van der Waals surface area contributed by atoms with Crippen molar-refractivity contribution in [2.75, 3.05) is 13.1 Å². The number of rotatable bonds is 7. The summed E-state index contributed by atoms with van der Waals surface area (Å²) in [7, 11) is -3.43. The van der Waals surface area contributed by atoms with Gasteiger partial charge in [-0.1, -0.05) is 48.4 Å². The lowest BCUT2D eigenvalue weighted by atomic mass is 10.1. The van der Waals surface area contributed by atoms with E-state index in [1.54, 1.807) is 28.6 Å². The van der Waals surface area contributed by atoms with E-state index in [4.69, 9.17) is 0 Å². The summed E-state index contributed by atoms with van der Waals surface area (Å²) in [6.07, 6.45) is 3.63. The maximum absolute atomic E-state index is 12.8. The molecule has 31 heavy (non-hydrogen) atoms. The minimum Gasteiger partial charge on any atom is -0.299 e. The Balaban J connectivity index is 1.41. The van der Waals surface area contributed by atoms with Crippen LogP contribution in [-0.4, -0.2) is 36.6 Å². The number of hydrogen-bond donors (Lipinski definition) is 0. The highest BCUT2D eigenvalue weighted by Crippen LogP contribution is 2.26. The smallest absolute Gasteiger partial charge is 0.243 e. The Bertz CT molecular complexity index is 1140. The van der Waals surface area contributed by atoms with Gasteiger partial charge in [0.15, 0.2) is 0 Å².